The number of nitrogen functional groups attached to an aromatic ring is 1. The van der Waals surface area contributed by atoms with Crippen LogP contribution in [0.25, 0.3) is 0 Å². The molecule has 1 aromatic rings. The van der Waals surface area contributed by atoms with Crippen LogP contribution in [0.4, 0.5) is 11.4 Å². The Bertz CT molecular complexity index is 534. The van der Waals surface area contributed by atoms with E-state index in [0.29, 0.717) is 12.1 Å². The summed E-state index contributed by atoms with van der Waals surface area (Å²) in [6.45, 7) is 1.13. The van der Waals surface area contributed by atoms with Crippen molar-refractivity contribution in [3.63, 3.8) is 0 Å². The van der Waals surface area contributed by atoms with E-state index < -0.39 is 4.92 Å². The van der Waals surface area contributed by atoms with Crippen molar-refractivity contribution in [3.8, 4) is 0 Å². The summed E-state index contributed by atoms with van der Waals surface area (Å²) in [7, 11) is 0. The Morgan fingerprint density at radius 2 is 2.30 bits per heavy atom. The van der Waals surface area contributed by atoms with Gasteiger partial charge in [0.1, 0.15) is 5.69 Å². The highest BCUT2D eigenvalue weighted by atomic mass is 16.6. The lowest BCUT2D eigenvalue weighted by Crippen LogP contribution is -2.39. The Balaban J connectivity index is 2.27. The van der Waals surface area contributed by atoms with Crippen molar-refractivity contribution in [1.82, 2.24) is 4.90 Å². The predicted octanol–water partition coefficient (Wildman–Crippen LogP) is 0.330. The van der Waals surface area contributed by atoms with E-state index in [4.69, 9.17) is 11.6 Å². The van der Waals surface area contributed by atoms with E-state index >= 15 is 0 Å². The van der Waals surface area contributed by atoms with E-state index in [9.17, 15) is 14.9 Å². The standard InChI is InChI=1S/C12H17N5O3/c13-12(18)10-5-2-6-16(10)7-8-3-1-4-9(17(19)20)11(8)15-14/h1,3-4,10,15H,2,5-7,14H2,(H2,13,18). The highest BCUT2D eigenvalue weighted by molar-refractivity contribution is 5.80. The van der Waals surface area contributed by atoms with Crippen LogP contribution in [0.1, 0.15) is 18.4 Å². The Morgan fingerprint density at radius 1 is 1.55 bits per heavy atom. The van der Waals surface area contributed by atoms with Crippen molar-refractivity contribution in [1.29, 1.82) is 0 Å². The summed E-state index contributed by atoms with van der Waals surface area (Å²) >= 11 is 0. The molecule has 8 heteroatoms. The minimum Gasteiger partial charge on any atom is -0.368 e. The zero-order valence-corrected chi connectivity index (χ0v) is 10.9. The van der Waals surface area contributed by atoms with Crippen LogP contribution in [0, 0.1) is 10.1 Å². The number of rotatable bonds is 5. The third-order valence-electron chi connectivity index (χ3n) is 3.54. The molecule has 0 radical (unpaired) electrons. The first-order valence-electron chi connectivity index (χ1n) is 6.31. The molecule has 2 rings (SSSR count). The van der Waals surface area contributed by atoms with Gasteiger partial charge in [-0.15, -0.1) is 0 Å². The van der Waals surface area contributed by atoms with Crippen molar-refractivity contribution >= 4 is 17.3 Å². The largest absolute Gasteiger partial charge is 0.368 e. The molecular formula is C12H17N5O3. The maximum Gasteiger partial charge on any atom is 0.293 e. The van der Waals surface area contributed by atoms with Gasteiger partial charge in [0.15, 0.2) is 0 Å². The Morgan fingerprint density at radius 3 is 2.90 bits per heavy atom. The van der Waals surface area contributed by atoms with E-state index in [0.717, 1.165) is 19.4 Å². The van der Waals surface area contributed by atoms with Crippen LogP contribution in [0.2, 0.25) is 0 Å². The Hall–Kier alpha value is -2.19. The average Bonchev–Trinajstić information content (AvgIpc) is 2.86. The molecule has 0 bridgehead atoms. The predicted molar refractivity (Wildman–Crippen MR) is 73.5 cm³/mol. The number of hydrogen-bond acceptors (Lipinski definition) is 6. The fourth-order valence-electron chi connectivity index (χ4n) is 2.59. The van der Waals surface area contributed by atoms with Crippen LogP contribution < -0.4 is 17.0 Å². The van der Waals surface area contributed by atoms with Gasteiger partial charge >= 0.3 is 0 Å². The summed E-state index contributed by atoms with van der Waals surface area (Å²) in [5.74, 6) is 5.03. The van der Waals surface area contributed by atoms with Gasteiger partial charge in [-0.1, -0.05) is 12.1 Å². The summed E-state index contributed by atoms with van der Waals surface area (Å²) in [4.78, 5) is 23.8. The normalized spacial score (nSPS) is 18.9. The number of benzene rings is 1. The molecule has 1 saturated heterocycles. The molecule has 0 spiro atoms. The second-order valence-corrected chi connectivity index (χ2v) is 4.74. The maximum absolute atomic E-state index is 11.4. The van der Waals surface area contributed by atoms with Gasteiger partial charge in [0.2, 0.25) is 5.91 Å². The molecule has 1 fully saturated rings. The van der Waals surface area contributed by atoms with Crippen LogP contribution in [-0.2, 0) is 11.3 Å². The third kappa shape index (κ3) is 2.70. The topological polar surface area (TPSA) is 128 Å². The second-order valence-electron chi connectivity index (χ2n) is 4.74. The molecule has 1 aliphatic heterocycles. The second kappa shape index (κ2) is 5.85. The van der Waals surface area contributed by atoms with Crippen LogP contribution in [0.15, 0.2) is 18.2 Å². The minimum atomic E-state index is -0.492. The molecule has 20 heavy (non-hydrogen) atoms. The number of nitrogens with zero attached hydrogens (tertiary/aromatic N) is 2. The van der Waals surface area contributed by atoms with Crippen molar-refractivity contribution in [2.24, 2.45) is 11.6 Å². The highest BCUT2D eigenvalue weighted by Crippen LogP contribution is 2.30. The first-order valence-corrected chi connectivity index (χ1v) is 6.31. The van der Waals surface area contributed by atoms with Gasteiger partial charge in [-0.3, -0.25) is 25.7 Å². The highest BCUT2D eigenvalue weighted by Gasteiger charge is 2.30. The van der Waals surface area contributed by atoms with Crippen LogP contribution in [0.3, 0.4) is 0 Å². The first-order chi connectivity index (χ1) is 9.54. The van der Waals surface area contributed by atoms with Gasteiger partial charge in [-0.05, 0) is 24.9 Å². The van der Waals surface area contributed by atoms with Gasteiger partial charge in [0, 0.05) is 12.6 Å². The molecule has 1 heterocycles. The number of primary amides is 1. The summed E-state index contributed by atoms with van der Waals surface area (Å²) in [5.41, 5.74) is 8.60. The van der Waals surface area contributed by atoms with Crippen LogP contribution in [0.5, 0.6) is 0 Å². The number of likely N-dealkylation sites (tertiary alicyclic amines) is 1. The zero-order valence-electron chi connectivity index (χ0n) is 10.9. The lowest BCUT2D eigenvalue weighted by atomic mass is 10.1. The molecule has 0 aromatic heterocycles. The van der Waals surface area contributed by atoms with Crippen molar-refractivity contribution in [3.05, 3.63) is 33.9 Å². The van der Waals surface area contributed by atoms with E-state index in [-0.39, 0.29) is 23.3 Å². The number of carbonyl (C=O) groups is 1. The molecule has 1 atom stereocenters. The summed E-state index contributed by atoms with van der Waals surface area (Å²) in [5, 5.41) is 11.0. The number of hydrogen-bond donors (Lipinski definition) is 3. The first kappa shape index (κ1) is 14.2. The smallest absolute Gasteiger partial charge is 0.293 e. The van der Waals surface area contributed by atoms with Crippen molar-refractivity contribution in [2.75, 3.05) is 12.0 Å². The van der Waals surface area contributed by atoms with Gasteiger partial charge in [0.05, 0.1) is 11.0 Å². The van der Waals surface area contributed by atoms with Gasteiger partial charge in [0.25, 0.3) is 5.69 Å². The number of para-hydroxylation sites is 1. The fourth-order valence-corrected chi connectivity index (χ4v) is 2.59. The van der Waals surface area contributed by atoms with Crippen molar-refractivity contribution in [2.45, 2.75) is 25.4 Å². The number of nitro benzene ring substituents is 1. The average molecular weight is 279 g/mol. The molecule has 1 unspecified atom stereocenters. The third-order valence-corrected chi connectivity index (χ3v) is 3.54. The molecule has 8 nitrogen and oxygen atoms in total. The van der Waals surface area contributed by atoms with Gasteiger partial charge in [-0.2, -0.15) is 0 Å². The minimum absolute atomic E-state index is 0.0835. The van der Waals surface area contributed by atoms with Crippen LogP contribution >= 0.6 is 0 Å². The molecular weight excluding hydrogens is 262 g/mol. The Kier molecular flexibility index (Phi) is 4.16. The molecule has 0 aliphatic carbocycles. The molecule has 1 aromatic carbocycles. The number of nitrogens with two attached hydrogens (primary N) is 2. The quantitative estimate of drug-likeness (QED) is 0.405. The number of nitro groups is 1. The monoisotopic (exact) mass is 279 g/mol. The number of anilines is 1. The fraction of sp³-hybridized carbons (Fsp3) is 0.417. The van der Waals surface area contributed by atoms with Gasteiger partial charge in [-0.25, -0.2) is 0 Å². The lowest BCUT2D eigenvalue weighted by Gasteiger charge is -2.22. The summed E-state index contributed by atoms with van der Waals surface area (Å²) in [6.07, 6.45) is 1.60. The lowest BCUT2D eigenvalue weighted by molar-refractivity contribution is -0.384. The van der Waals surface area contributed by atoms with E-state index in [1.54, 1.807) is 12.1 Å². The Labute approximate surface area is 115 Å². The van der Waals surface area contributed by atoms with E-state index in [1.165, 1.54) is 6.07 Å². The molecule has 1 aliphatic rings. The number of carbonyl (C=O) groups excluding carboxylic acids is 1. The number of nitrogens with one attached hydrogen (secondary N) is 1. The molecule has 108 valence electrons. The van der Waals surface area contributed by atoms with Crippen LogP contribution in [-0.4, -0.2) is 28.3 Å². The SMILES string of the molecule is NNc1c(CN2CCCC2C(N)=O)cccc1[N+](=O)[O-]. The number of hydrazine groups is 1. The van der Waals surface area contributed by atoms with E-state index in [1.807, 2.05) is 4.90 Å². The molecule has 1 amide bonds. The zero-order chi connectivity index (χ0) is 14.7. The number of amides is 1. The summed E-state index contributed by atoms with van der Waals surface area (Å²) < 4.78 is 0. The molecule has 5 N–H and O–H groups in total. The molecule has 0 saturated carbocycles. The summed E-state index contributed by atoms with van der Waals surface area (Å²) in [6, 6.07) is 4.41. The van der Waals surface area contributed by atoms with Gasteiger partial charge < -0.3 is 11.2 Å². The van der Waals surface area contributed by atoms with Crippen molar-refractivity contribution < 1.29 is 9.72 Å². The van der Waals surface area contributed by atoms with E-state index in [2.05, 4.69) is 5.43 Å². The maximum atomic E-state index is 11.4.